The third-order valence-corrected chi connectivity index (χ3v) is 3.62. The summed E-state index contributed by atoms with van der Waals surface area (Å²) in [4.78, 5) is 29.1. The van der Waals surface area contributed by atoms with Crippen molar-refractivity contribution < 1.29 is 9.59 Å². The molecule has 4 nitrogen and oxygen atoms in total. The zero-order valence-electron chi connectivity index (χ0n) is 9.96. The predicted octanol–water partition coefficient (Wildman–Crippen LogP) is 2.07. The molecule has 0 aliphatic heterocycles. The highest BCUT2D eigenvalue weighted by atomic mass is 16.2. The van der Waals surface area contributed by atoms with E-state index in [2.05, 4.69) is 4.98 Å². The molecule has 0 N–H and O–H groups in total. The molecule has 0 saturated heterocycles. The highest BCUT2D eigenvalue weighted by molar-refractivity contribution is 6.31. The van der Waals surface area contributed by atoms with E-state index in [1.807, 2.05) is 6.92 Å². The second kappa shape index (κ2) is 3.63. The van der Waals surface area contributed by atoms with Crippen LogP contribution in [0.3, 0.4) is 0 Å². The summed E-state index contributed by atoms with van der Waals surface area (Å²) < 4.78 is 1.62. The summed E-state index contributed by atoms with van der Waals surface area (Å²) in [5, 5.41) is 0. The number of hydrogen-bond donors (Lipinski definition) is 0. The largest absolute Gasteiger partial charge is 0.317 e. The Kier molecular flexibility index (Phi) is 2.20. The molecule has 1 aromatic carbocycles. The smallest absolute Gasteiger partial charge is 0.197 e. The van der Waals surface area contributed by atoms with E-state index in [-0.39, 0.29) is 11.6 Å². The number of rotatable bonds is 2. The average molecular weight is 240 g/mol. The van der Waals surface area contributed by atoms with Gasteiger partial charge in [0.1, 0.15) is 0 Å². The zero-order valence-corrected chi connectivity index (χ0v) is 9.96. The van der Waals surface area contributed by atoms with Crippen molar-refractivity contribution in [2.75, 3.05) is 0 Å². The molecule has 0 amide bonds. The van der Waals surface area contributed by atoms with E-state index in [4.69, 9.17) is 0 Å². The molecule has 0 spiro atoms. The van der Waals surface area contributed by atoms with E-state index in [0.29, 0.717) is 17.5 Å². The maximum absolute atomic E-state index is 12.6. The molecule has 1 aromatic heterocycles. The maximum atomic E-state index is 12.6. The number of fused-ring (bicyclic) bond motifs is 1. The number of benzene rings is 1. The molecule has 0 fully saturated rings. The molecule has 0 unspecified atom stereocenters. The van der Waals surface area contributed by atoms with Crippen molar-refractivity contribution in [1.29, 1.82) is 0 Å². The molecule has 0 bridgehead atoms. The minimum absolute atomic E-state index is 0.136. The second-order valence-electron chi connectivity index (χ2n) is 4.39. The zero-order chi connectivity index (χ0) is 12.8. The summed E-state index contributed by atoms with van der Waals surface area (Å²) in [5.41, 5.74) is -0.115. The van der Waals surface area contributed by atoms with Crippen molar-refractivity contribution in [3.05, 3.63) is 54.1 Å². The van der Waals surface area contributed by atoms with Gasteiger partial charge in [0, 0.05) is 23.5 Å². The van der Waals surface area contributed by atoms with Crippen LogP contribution in [0.4, 0.5) is 0 Å². The Bertz CT molecular complexity index is 594. The summed E-state index contributed by atoms with van der Waals surface area (Å²) >= 11 is 0. The van der Waals surface area contributed by atoms with E-state index in [9.17, 15) is 9.59 Å². The van der Waals surface area contributed by atoms with Crippen LogP contribution in [0.15, 0.2) is 43.0 Å². The van der Waals surface area contributed by atoms with Crippen molar-refractivity contribution in [1.82, 2.24) is 9.55 Å². The monoisotopic (exact) mass is 240 g/mol. The van der Waals surface area contributed by atoms with E-state index in [0.717, 1.165) is 0 Å². The predicted molar refractivity (Wildman–Crippen MR) is 65.6 cm³/mol. The number of imidazole rings is 1. The van der Waals surface area contributed by atoms with E-state index in [1.54, 1.807) is 41.2 Å². The van der Waals surface area contributed by atoms with Crippen LogP contribution in [0.25, 0.3) is 0 Å². The van der Waals surface area contributed by atoms with Gasteiger partial charge in [-0.15, -0.1) is 0 Å². The number of ketones is 2. The molecule has 1 aliphatic rings. The number of hydrogen-bond acceptors (Lipinski definition) is 3. The molecule has 18 heavy (non-hydrogen) atoms. The lowest BCUT2D eigenvalue weighted by atomic mass is 9.90. The lowest BCUT2D eigenvalue weighted by Crippen LogP contribution is -2.43. The molecule has 0 atom stereocenters. The molecule has 0 radical (unpaired) electrons. The van der Waals surface area contributed by atoms with Crippen molar-refractivity contribution in [3.63, 3.8) is 0 Å². The average Bonchev–Trinajstić information content (AvgIpc) is 2.99. The SMILES string of the molecule is CCC1(n2ccnc2)C(=O)c2ccccc2C1=O. The molecule has 4 heteroatoms. The van der Waals surface area contributed by atoms with Crippen LogP contribution < -0.4 is 0 Å². The van der Waals surface area contributed by atoms with Crippen LogP contribution >= 0.6 is 0 Å². The van der Waals surface area contributed by atoms with Crippen LogP contribution in [-0.4, -0.2) is 21.1 Å². The van der Waals surface area contributed by atoms with Gasteiger partial charge in [0.15, 0.2) is 17.1 Å². The standard InChI is InChI=1S/C14H12N2O2/c1-2-14(16-8-7-15-9-16)12(17)10-5-3-4-6-11(10)13(14)18/h3-9H,2H2,1H3. The lowest BCUT2D eigenvalue weighted by Gasteiger charge is -2.25. The fourth-order valence-corrected chi connectivity index (χ4v) is 2.65. The topological polar surface area (TPSA) is 52.0 Å². The Labute approximate surface area is 104 Å². The van der Waals surface area contributed by atoms with E-state index >= 15 is 0 Å². The molecule has 90 valence electrons. The van der Waals surface area contributed by atoms with Gasteiger partial charge in [0.2, 0.25) is 0 Å². The Morgan fingerprint density at radius 1 is 1.17 bits per heavy atom. The van der Waals surface area contributed by atoms with E-state index < -0.39 is 5.54 Å². The Hall–Kier alpha value is -2.23. The normalized spacial score (nSPS) is 16.9. The number of aromatic nitrogens is 2. The first-order valence-electron chi connectivity index (χ1n) is 5.89. The summed E-state index contributed by atoms with van der Waals surface area (Å²) in [7, 11) is 0. The van der Waals surface area contributed by atoms with Gasteiger partial charge in [0.05, 0.1) is 6.33 Å². The summed E-state index contributed by atoms with van der Waals surface area (Å²) in [6.07, 6.45) is 5.22. The van der Waals surface area contributed by atoms with Gasteiger partial charge in [-0.3, -0.25) is 9.59 Å². The molecule has 1 heterocycles. The van der Waals surface area contributed by atoms with Crippen molar-refractivity contribution in [2.24, 2.45) is 0 Å². The molecule has 3 rings (SSSR count). The quantitative estimate of drug-likeness (QED) is 0.755. The fourth-order valence-electron chi connectivity index (χ4n) is 2.65. The third-order valence-electron chi connectivity index (χ3n) is 3.62. The third kappa shape index (κ3) is 1.12. The highest BCUT2D eigenvalue weighted by Crippen LogP contribution is 2.37. The van der Waals surface area contributed by atoms with Crippen molar-refractivity contribution in [3.8, 4) is 0 Å². The summed E-state index contributed by atoms with van der Waals surface area (Å²) in [6.45, 7) is 1.85. The Morgan fingerprint density at radius 2 is 1.78 bits per heavy atom. The first-order chi connectivity index (χ1) is 8.71. The number of nitrogens with zero attached hydrogens (tertiary/aromatic N) is 2. The van der Waals surface area contributed by atoms with Gasteiger partial charge in [0.25, 0.3) is 0 Å². The van der Waals surface area contributed by atoms with Crippen LogP contribution in [0.1, 0.15) is 34.1 Å². The van der Waals surface area contributed by atoms with E-state index in [1.165, 1.54) is 6.33 Å². The van der Waals surface area contributed by atoms with Gasteiger partial charge in [-0.05, 0) is 6.42 Å². The molecule has 0 saturated carbocycles. The van der Waals surface area contributed by atoms with Gasteiger partial charge in [-0.2, -0.15) is 0 Å². The van der Waals surface area contributed by atoms with Crippen LogP contribution in [0.2, 0.25) is 0 Å². The van der Waals surface area contributed by atoms with Crippen molar-refractivity contribution in [2.45, 2.75) is 18.9 Å². The van der Waals surface area contributed by atoms with Gasteiger partial charge >= 0.3 is 0 Å². The van der Waals surface area contributed by atoms with Gasteiger partial charge in [-0.25, -0.2) is 4.98 Å². The van der Waals surface area contributed by atoms with Gasteiger partial charge in [-0.1, -0.05) is 31.2 Å². The Balaban J connectivity index is 2.27. The van der Waals surface area contributed by atoms with Crippen molar-refractivity contribution >= 4 is 11.6 Å². The first kappa shape index (κ1) is 10.9. The van der Waals surface area contributed by atoms with Crippen LogP contribution in [-0.2, 0) is 5.54 Å². The fraction of sp³-hybridized carbons (Fsp3) is 0.214. The molecule has 2 aromatic rings. The van der Waals surface area contributed by atoms with Gasteiger partial charge < -0.3 is 4.57 Å². The van der Waals surface area contributed by atoms with Crippen LogP contribution in [0, 0.1) is 0 Å². The second-order valence-corrected chi connectivity index (χ2v) is 4.39. The summed E-state index contributed by atoms with van der Waals surface area (Å²) in [6, 6.07) is 6.99. The first-order valence-corrected chi connectivity index (χ1v) is 5.89. The number of carbonyl (C=O) groups is 2. The molecule has 1 aliphatic carbocycles. The molecular formula is C14H12N2O2. The van der Waals surface area contributed by atoms with Crippen LogP contribution in [0.5, 0.6) is 0 Å². The lowest BCUT2D eigenvalue weighted by molar-refractivity contribution is 0.0703. The minimum Gasteiger partial charge on any atom is -0.317 e. The minimum atomic E-state index is -1.14. The Morgan fingerprint density at radius 3 is 2.22 bits per heavy atom. The highest BCUT2D eigenvalue weighted by Gasteiger charge is 2.52. The molecular weight excluding hydrogens is 228 g/mol. The number of Topliss-reactive ketones (excluding diaryl/α,β-unsaturated/α-hetero) is 2. The maximum Gasteiger partial charge on any atom is 0.197 e. The summed E-state index contributed by atoms with van der Waals surface area (Å²) in [5.74, 6) is -0.271. The number of carbonyl (C=O) groups excluding carboxylic acids is 2.